The average Bonchev–Trinajstić information content (AvgIpc) is 3.33. The third kappa shape index (κ3) is 4.00. The maximum absolute atomic E-state index is 12.5. The highest BCUT2D eigenvalue weighted by Gasteiger charge is 2.17. The Morgan fingerprint density at radius 1 is 1.13 bits per heavy atom. The van der Waals surface area contributed by atoms with E-state index in [1.54, 1.807) is 16.0 Å². The number of aromatic nitrogens is 3. The van der Waals surface area contributed by atoms with Crippen LogP contribution in [0.1, 0.15) is 29.7 Å². The standard InChI is InChI=1S/C23H22N4OS2/c1-15-11-21(25-22(28)14-29-18-9-3-2-4-10-18)27(26-15)23-24-19-12-16-7-5-6-8-17(16)13-20(19)30-23/h2-4,9-13H,5-8,14H2,1H3,(H,25,28). The number of thioether (sulfide) groups is 1. The van der Waals surface area contributed by atoms with Gasteiger partial charge in [-0.15, -0.1) is 11.8 Å². The predicted molar refractivity (Wildman–Crippen MR) is 124 cm³/mol. The fourth-order valence-corrected chi connectivity index (χ4v) is 5.51. The number of rotatable bonds is 5. The molecule has 2 aromatic carbocycles. The second kappa shape index (κ2) is 8.24. The summed E-state index contributed by atoms with van der Waals surface area (Å²) in [5.41, 5.74) is 4.74. The molecule has 1 aliphatic rings. The number of hydrogen-bond donors (Lipinski definition) is 1. The Balaban J connectivity index is 1.38. The molecule has 1 aliphatic carbocycles. The van der Waals surface area contributed by atoms with E-state index in [-0.39, 0.29) is 5.91 Å². The molecule has 0 saturated heterocycles. The number of carbonyl (C=O) groups excluding carboxylic acids is 1. The number of nitrogens with one attached hydrogen (secondary N) is 1. The van der Waals surface area contributed by atoms with Crippen LogP contribution in [-0.4, -0.2) is 26.4 Å². The van der Waals surface area contributed by atoms with E-state index < -0.39 is 0 Å². The van der Waals surface area contributed by atoms with Gasteiger partial charge in [0.05, 0.1) is 21.7 Å². The van der Waals surface area contributed by atoms with E-state index >= 15 is 0 Å². The molecule has 1 amide bonds. The smallest absolute Gasteiger partial charge is 0.235 e. The van der Waals surface area contributed by atoms with E-state index in [0.717, 1.165) is 34.1 Å². The first-order valence-corrected chi connectivity index (χ1v) is 11.9. The average molecular weight is 435 g/mol. The summed E-state index contributed by atoms with van der Waals surface area (Å²) >= 11 is 3.14. The molecular weight excluding hydrogens is 412 g/mol. The van der Waals surface area contributed by atoms with E-state index in [0.29, 0.717) is 11.6 Å². The molecule has 4 aromatic rings. The fraction of sp³-hybridized carbons (Fsp3) is 0.261. The monoisotopic (exact) mass is 434 g/mol. The lowest BCUT2D eigenvalue weighted by atomic mass is 9.92. The van der Waals surface area contributed by atoms with Gasteiger partial charge in [0, 0.05) is 11.0 Å². The van der Waals surface area contributed by atoms with Crippen LogP contribution in [0.2, 0.25) is 0 Å². The van der Waals surface area contributed by atoms with Gasteiger partial charge in [0.25, 0.3) is 0 Å². The highest BCUT2D eigenvalue weighted by molar-refractivity contribution is 8.00. The molecule has 0 saturated carbocycles. The summed E-state index contributed by atoms with van der Waals surface area (Å²) in [6.07, 6.45) is 4.81. The van der Waals surface area contributed by atoms with Gasteiger partial charge in [-0.25, -0.2) is 4.98 Å². The molecule has 5 rings (SSSR count). The van der Waals surface area contributed by atoms with E-state index in [1.807, 2.05) is 43.3 Å². The minimum absolute atomic E-state index is 0.0541. The summed E-state index contributed by atoms with van der Waals surface area (Å²) in [7, 11) is 0. The molecule has 30 heavy (non-hydrogen) atoms. The lowest BCUT2D eigenvalue weighted by Gasteiger charge is -2.14. The minimum atomic E-state index is -0.0541. The number of carbonyl (C=O) groups is 1. The largest absolute Gasteiger partial charge is 0.310 e. The van der Waals surface area contributed by atoms with Crippen molar-refractivity contribution in [3.8, 4) is 5.13 Å². The van der Waals surface area contributed by atoms with Crippen molar-refractivity contribution in [2.45, 2.75) is 37.5 Å². The summed E-state index contributed by atoms with van der Waals surface area (Å²) in [4.78, 5) is 18.4. The number of amides is 1. The lowest BCUT2D eigenvalue weighted by Crippen LogP contribution is -2.16. The summed E-state index contributed by atoms with van der Waals surface area (Å²) in [6.45, 7) is 1.93. The Morgan fingerprint density at radius 3 is 2.70 bits per heavy atom. The van der Waals surface area contributed by atoms with Crippen molar-refractivity contribution in [1.29, 1.82) is 0 Å². The van der Waals surface area contributed by atoms with Crippen LogP contribution in [0.25, 0.3) is 15.3 Å². The number of aryl methyl sites for hydroxylation is 3. The van der Waals surface area contributed by atoms with Crippen LogP contribution >= 0.6 is 23.1 Å². The Labute approximate surface area is 183 Å². The van der Waals surface area contributed by atoms with E-state index in [4.69, 9.17) is 4.98 Å². The molecule has 0 atom stereocenters. The third-order valence-electron chi connectivity index (χ3n) is 5.23. The molecular formula is C23H22N4OS2. The van der Waals surface area contributed by atoms with Crippen LogP contribution in [0.3, 0.4) is 0 Å². The van der Waals surface area contributed by atoms with Crippen molar-refractivity contribution in [3.05, 3.63) is 65.4 Å². The van der Waals surface area contributed by atoms with E-state index in [2.05, 4.69) is 22.5 Å². The second-order valence-electron chi connectivity index (χ2n) is 7.52. The number of thiazole rings is 1. The van der Waals surface area contributed by atoms with Gasteiger partial charge < -0.3 is 5.32 Å². The zero-order valence-corrected chi connectivity index (χ0v) is 18.4. The summed E-state index contributed by atoms with van der Waals surface area (Å²) < 4.78 is 2.93. The SMILES string of the molecule is Cc1cc(NC(=O)CSc2ccccc2)n(-c2nc3cc4c(cc3s2)CCCC4)n1. The van der Waals surface area contributed by atoms with Crippen molar-refractivity contribution in [1.82, 2.24) is 14.8 Å². The first-order chi connectivity index (χ1) is 14.7. The van der Waals surface area contributed by atoms with Gasteiger partial charge in [0.15, 0.2) is 0 Å². The second-order valence-corrected chi connectivity index (χ2v) is 9.58. The van der Waals surface area contributed by atoms with Gasteiger partial charge in [-0.3, -0.25) is 4.79 Å². The van der Waals surface area contributed by atoms with Crippen LogP contribution in [-0.2, 0) is 17.6 Å². The summed E-state index contributed by atoms with van der Waals surface area (Å²) in [5, 5.41) is 8.38. The Bertz CT molecular complexity index is 1170. The zero-order valence-electron chi connectivity index (χ0n) is 16.7. The topological polar surface area (TPSA) is 59.8 Å². The summed E-state index contributed by atoms with van der Waals surface area (Å²) in [6, 6.07) is 16.3. The molecule has 0 spiro atoms. The number of nitrogens with zero attached hydrogens (tertiary/aromatic N) is 3. The minimum Gasteiger partial charge on any atom is -0.310 e. The molecule has 0 bridgehead atoms. The van der Waals surface area contributed by atoms with Gasteiger partial charge in [-0.05, 0) is 68.0 Å². The normalized spacial score (nSPS) is 13.4. The molecule has 1 N–H and O–H groups in total. The van der Waals surface area contributed by atoms with Crippen molar-refractivity contribution in [3.63, 3.8) is 0 Å². The number of anilines is 1. The molecule has 5 nitrogen and oxygen atoms in total. The molecule has 152 valence electrons. The van der Waals surface area contributed by atoms with E-state index in [1.165, 1.54) is 40.4 Å². The van der Waals surface area contributed by atoms with Crippen LogP contribution in [0.4, 0.5) is 5.82 Å². The maximum atomic E-state index is 12.5. The molecule has 0 radical (unpaired) electrons. The fourth-order valence-electron chi connectivity index (χ4n) is 3.81. The van der Waals surface area contributed by atoms with E-state index in [9.17, 15) is 4.79 Å². The number of fused-ring (bicyclic) bond motifs is 2. The maximum Gasteiger partial charge on any atom is 0.235 e. The van der Waals surface area contributed by atoms with Crippen molar-refractivity contribution in [2.75, 3.05) is 11.1 Å². The molecule has 0 aliphatic heterocycles. The van der Waals surface area contributed by atoms with Crippen LogP contribution < -0.4 is 5.32 Å². The van der Waals surface area contributed by atoms with Crippen molar-refractivity contribution in [2.24, 2.45) is 0 Å². The van der Waals surface area contributed by atoms with Gasteiger partial charge >= 0.3 is 0 Å². The van der Waals surface area contributed by atoms with Crippen molar-refractivity contribution >= 4 is 45.0 Å². The molecule has 0 unspecified atom stereocenters. The molecule has 0 fully saturated rings. The van der Waals surface area contributed by atoms with Crippen LogP contribution in [0.5, 0.6) is 0 Å². The third-order valence-corrected chi connectivity index (χ3v) is 7.24. The quantitative estimate of drug-likeness (QED) is 0.427. The Hall–Kier alpha value is -2.64. The van der Waals surface area contributed by atoms with Crippen LogP contribution in [0, 0.1) is 6.92 Å². The molecule has 7 heteroatoms. The van der Waals surface area contributed by atoms with Gasteiger partial charge in [-0.2, -0.15) is 9.78 Å². The van der Waals surface area contributed by atoms with Gasteiger partial charge in [-0.1, -0.05) is 29.5 Å². The van der Waals surface area contributed by atoms with Gasteiger partial charge in [0.2, 0.25) is 11.0 Å². The molecule has 2 heterocycles. The number of hydrogen-bond acceptors (Lipinski definition) is 5. The first kappa shape index (κ1) is 19.3. The number of benzene rings is 2. The predicted octanol–water partition coefficient (Wildman–Crippen LogP) is 5.40. The molecule has 2 aromatic heterocycles. The zero-order chi connectivity index (χ0) is 20.5. The van der Waals surface area contributed by atoms with Gasteiger partial charge in [0.1, 0.15) is 5.82 Å². The highest BCUT2D eigenvalue weighted by atomic mass is 32.2. The lowest BCUT2D eigenvalue weighted by molar-refractivity contribution is -0.113. The Morgan fingerprint density at radius 2 is 1.90 bits per heavy atom. The summed E-state index contributed by atoms with van der Waals surface area (Å²) in [5.74, 6) is 0.956. The van der Waals surface area contributed by atoms with Crippen LogP contribution in [0.15, 0.2) is 53.4 Å². The highest BCUT2D eigenvalue weighted by Crippen LogP contribution is 2.32. The Kier molecular flexibility index (Phi) is 5.31. The first-order valence-electron chi connectivity index (χ1n) is 10.1. The van der Waals surface area contributed by atoms with Crippen molar-refractivity contribution < 1.29 is 4.79 Å².